The molecule has 2 aromatic carbocycles. The number of carbonyl (C=O) groups is 2. The van der Waals surface area contributed by atoms with E-state index in [-0.39, 0.29) is 17.2 Å². The lowest BCUT2D eigenvalue weighted by molar-refractivity contribution is -0.254. The van der Waals surface area contributed by atoms with Crippen molar-refractivity contribution in [1.82, 2.24) is 4.90 Å². The van der Waals surface area contributed by atoms with Gasteiger partial charge in [-0.05, 0) is 30.4 Å². The third kappa shape index (κ3) is 3.11. The van der Waals surface area contributed by atoms with Crippen LogP contribution in [-0.2, 0) is 4.79 Å². The number of carboxylic acids is 1. The highest BCUT2D eigenvalue weighted by molar-refractivity contribution is 7.80. The highest BCUT2D eigenvalue weighted by Crippen LogP contribution is 2.26. The molecule has 126 valence electrons. The number of anilines is 1. The van der Waals surface area contributed by atoms with E-state index in [4.69, 9.17) is 12.2 Å². The first-order valence-electron chi connectivity index (χ1n) is 7.37. The number of hydrogen-bond donors (Lipinski definition) is 0. The fourth-order valence-electron chi connectivity index (χ4n) is 2.43. The molecule has 1 aliphatic rings. The number of likely N-dealkylation sites (N-methyl/N-ethyl adjacent to an activating group) is 1. The zero-order valence-electron chi connectivity index (χ0n) is 13.2. The molecule has 3 rings (SSSR count). The minimum atomic E-state index is -1.36. The third-order valence-electron chi connectivity index (χ3n) is 3.71. The van der Waals surface area contributed by atoms with Crippen molar-refractivity contribution in [3.05, 3.63) is 60.2 Å². The van der Waals surface area contributed by atoms with E-state index in [1.165, 1.54) is 21.9 Å². The van der Waals surface area contributed by atoms with Crippen molar-refractivity contribution >= 4 is 40.6 Å². The van der Waals surface area contributed by atoms with Crippen LogP contribution in [0.15, 0.2) is 64.8 Å². The average Bonchev–Trinajstić information content (AvgIpc) is 2.83. The number of benzene rings is 2. The van der Waals surface area contributed by atoms with E-state index < -0.39 is 12.1 Å². The van der Waals surface area contributed by atoms with E-state index in [0.717, 1.165) is 0 Å². The lowest BCUT2D eigenvalue weighted by Gasteiger charge is -2.16. The molecule has 0 unspecified atom stereocenters. The minimum absolute atomic E-state index is 0.0955. The smallest absolute Gasteiger partial charge is 0.280 e. The Labute approximate surface area is 149 Å². The molecule has 0 saturated carbocycles. The molecule has 1 aliphatic heterocycles. The summed E-state index contributed by atoms with van der Waals surface area (Å²) in [6.07, 6.45) is -0.956. The van der Waals surface area contributed by atoms with Crippen molar-refractivity contribution in [3.8, 4) is 0 Å². The summed E-state index contributed by atoms with van der Waals surface area (Å²) in [7, 11) is 1.64. The average molecular weight is 353 g/mol. The molecule has 7 nitrogen and oxygen atoms in total. The fraction of sp³-hybridized carbons (Fsp3) is 0.118. The van der Waals surface area contributed by atoms with Crippen LogP contribution in [-0.4, -0.2) is 35.1 Å². The van der Waals surface area contributed by atoms with Gasteiger partial charge >= 0.3 is 0 Å². The molecular formula is C17H13N4O3S-. The van der Waals surface area contributed by atoms with Crippen molar-refractivity contribution in [2.24, 2.45) is 10.2 Å². The quantitative estimate of drug-likeness (QED) is 0.617. The highest BCUT2D eigenvalue weighted by Gasteiger charge is 2.41. The molecule has 1 fully saturated rings. The Morgan fingerprint density at radius 1 is 1.12 bits per heavy atom. The van der Waals surface area contributed by atoms with Crippen LogP contribution >= 0.6 is 12.2 Å². The van der Waals surface area contributed by atoms with Crippen molar-refractivity contribution in [3.63, 3.8) is 0 Å². The maximum absolute atomic E-state index is 12.7. The predicted molar refractivity (Wildman–Crippen MR) is 93.4 cm³/mol. The van der Waals surface area contributed by atoms with Crippen molar-refractivity contribution in [2.75, 3.05) is 11.9 Å². The molecule has 1 amide bonds. The molecule has 0 aromatic heterocycles. The second-order valence-corrected chi connectivity index (χ2v) is 5.66. The fourth-order valence-corrected chi connectivity index (χ4v) is 2.72. The number of azo groups is 1. The number of rotatable bonds is 4. The van der Waals surface area contributed by atoms with Gasteiger partial charge < -0.3 is 14.8 Å². The van der Waals surface area contributed by atoms with E-state index in [1.54, 1.807) is 43.4 Å². The van der Waals surface area contributed by atoms with Gasteiger partial charge in [-0.1, -0.05) is 36.4 Å². The first-order valence-corrected chi connectivity index (χ1v) is 7.78. The maximum atomic E-state index is 12.7. The SMILES string of the molecule is CN1C(=S)N(c2ccccc2)C(=O)[C@H]1N=Nc1ccccc1C(=O)[O-]. The minimum Gasteiger partial charge on any atom is -0.545 e. The molecule has 0 aliphatic carbocycles. The monoisotopic (exact) mass is 353 g/mol. The summed E-state index contributed by atoms with van der Waals surface area (Å²) in [5, 5.41) is 19.3. The Hall–Kier alpha value is -3.13. The number of para-hydroxylation sites is 1. The number of hydrogen-bond acceptors (Lipinski definition) is 6. The summed E-state index contributed by atoms with van der Waals surface area (Å²) in [5.74, 6) is -1.71. The highest BCUT2D eigenvalue weighted by atomic mass is 32.1. The molecule has 0 spiro atoms. The molecule has 2 aromatic rings. The topological polar surface area (TPSA) is 88.4 Å². The number of carboxylic acid groups (broad SMARTS) is 1. The molecule has 0 bridgehead atoms. The summed E-state index contributed by atoms with van der Waals surface area (Å²) >= 11 is 5.32. The Balaban J connectivity index is 1.90. The van der Waals surface area contributed by atoms with Crippen LogP contribution < -0.4 is 10.0 Å². The van der Waals surface area contributed by atoms with E-state index in [0.29, 0.717) is 10.8 Å². The van der Waals surface area contributed by atoms with Gasteiger partial charge in [0.1, 0.15) is 0 Å². The number of thiocarbonyl (C=S) groups is 1. The van der Waals surface area contributed by atoms with Crippen LogP contribution in [0.4, 0.5) is 11.4 Å². The summed E-state index contributed by atoms with van der Waals surface area (Å²) in [5.41, 5.74) is 0.659. The third-order valence-corrected chi connectivity index (χ3v) is 4.18. The molecular weight excluding hydrogens is 340 g/mol. The lowest BCUT2D eigenvalue weighted by atomic mass is 10.2. The number of amides is 1. The zero-order valence-corrected chi connectivity index (χ0v) is 14.0. The second-order valence-electron chi connectivity index (χ2n) is 5.30. The summed E-state index contributed by atoms with van der Waals surface area (Å²) in [4.78, 5) is 26.7. The van der Waals surface area contributed by atoms with Gasteiger partial charge in [0.15, 0.2) is 5.11 Å². The molecule has 1 saturated heterocycles. The van der Waals surface area contributed by atoms with E-state index >= 15 is 0 Å². The van der Waals surface area contributed by atoms with Crippen LogP contribution in [0, 0.1) is 0 Å². The van der Waals surface area contributed by atoms with Gasteiger partial charge in [-0.25, -0.2) is 0 Å². The van der Waals surface area contributed by atoms with Gasteiger partial charge in [0, 0.05) is 12.6 Å². The second kappa shape index (κ2) is 6.78. The lowest BCUT2D eigenvalue weighted by Crippen LogP contribution is -2.30. The first-order chi connectivity index (χ1) is 12.0. The van der Waals surface area contributed by atoms with E-state index in [1.807, 2.05) is 6.07 Å². The maximum Gasteiger partial charge on any atom is 0.280 e. The number of carbonyl (C=O) groups excluding carboxylic acids is 2. The normalized spacial score (nSPS) is 17.6. The van der Waals surface area contributed by atoms with Crippen LogP contribution in [0.25, 0.3) is 0 Å². The van der Waals surface area contributed by atoms with Gasteiger partial charge in [-0.2, -0.15) is 10.2 Å². The molecule has 0 N–H and O–H groups in total. The van der Waals surface area contributed by atoms with Gasteiger partial charge in [0.05, 0.1) is 17.3 Å². The predicted octanol–water partition coefficient (Wildman–Crippen LogP) is 1.72. The Morgan fingerprint density at radius 2 is 1.76 bits per heavy atom. The van der Waals surface area contributed by atoms with E-state index in [2.05, 4.69) is 10.2 Å². The molecule has 1 atom stereocenters. The van der Waals surface area contributed by atoms with Crippen LogP contribution in [0.5, 0.6) is 0 Å². The number of nitrogens with zero attached hydrogens (tertiary/aromatic N) is 4. The summed E-state index contributed by atoms with van der Waals surface area (Å²) in [6, 6.07) is 15.0. The molecule has 25 heavy (non-hydrogen) atoms. The molecule has 8 heteroatoms. The van der Waals surface area contributed by atoms with Gasteiger partial charge in [-0.3, -0.25) is 9.69 Å². The van der Waals surface area contributed by atoms with Gasteiger partial charge in [0.25, 0.3) is 5.91 Å². The largest absolute Gasteiger partial charge is 0.545 e. The van der Waals surface area contributed by atoms with Gasteiger partial charge in [-0.15, -0.1) is 0 Å². The van der Waals surface area contributed by atoms with Crippen LogP contribution in [0.1, 0.15) is 10.4 Å². The summed E-state index contributed by atoms with van der Waals surface area (Å²) < 4.78 is 0. The standard InChI is InChI=1S/C17H14N4O3S/c1-20-14(19-18-13-10-6-5-9-12(13)16(23)24)15(22)21(17(20)25)11-7-3-2-4-8-11/h2-10,14H,1H3,(H,23,24)/p-1/t14-/m0/s1. The Morgan fingerprint density at radius 3 is 2.44 bits per heavy atom. The molecule has 0 radical (unpaired) electrons. The Bertz CT molecular complexity index is 869. The summed E-state index contributed by atoms with van der Waals surface area (Å²) in [6.45, 7) is 0. The van der Waals surface area contributed by atoms with Crippen LogP contribution in [0.2, 0.25) is 0 Å². The Kier molecular flexibility index (Phi) is 4.53. The molecule has 1 heterocycles. The number of aromatic carboxylic acids is 1. The van der Waals surface area contributed by atoms with E-state index in [9.17, 15) is 14.7 Å². The van der Waals surface area contributed by atoms with Gasteiger partial charge in [0.2, 0.25) is 6.17 Å². The van der Waals surface area contributed by atoms with Crippen molar-refractivity contribution in [2.45, 2.75) is 6.17 Å². The van der Waals surface area contributed by atoms with Crippen molar-refractivity contribution in [1.29, 1.82) is 0 Å². The zero-order chi connectivity index (χ0) is 18.0. The first kappa shape index (κ1) is 16.7. The van der Waals surface area contributed by atoms with Crippen molar-refractivity contribution < 1.29 is 14.7 Å². The van der Waals surface area contributed by atoms with Crippen LogP contribution in [0.3, 0.4) is 0 Å².